The van der Waals surface area contributed by atoms with E-state index in [1.165, 1.54) is 0 Å². The number of hydrogen-bond acceptors (Lipinski definition) is 5. The molecule has 2 N–H and O–H groups in total. The standard InChI is InChI=1S/C15H26N4O/c1-5-6-13-18-14(16-4)10(2)15(19-13)17-9-12-7-8-20-11(12)3/h11-12H,5-9H2,1-4H3,(H2,16,17,18,19). The minimum Gasteiger partial charge on any atom is -0.378 e. The number of rotatable bonds is 6. The fourth-order valence-corrected chi connectivity index (χ4v) is 2.59. The first kappa shape index (κ1) is 15.0. The topological polar surface area (TPSA) is 59.1 Å². The third-order valence-corrected chi connectivity index (χ3v) is 3.97. The van der Waals surface area contributed by atoms with Crippen LogP contribution in [-0.4, -0.2) is 36.3 Å². The van der Waals surface area contributed by atoms with Crippen LogP contribution in [0.25, 0.3) is 0 Å². The number of aryl methyl sites for hydroxylation is 1. The lowest BCUT2D eigenvalue weighted by Gasteiger charge is -2.18. The molecule has 1 aliphatic rings. The Balaban J connectivity index is 2.10. The van der Waals surface area contributed by atoms with Gasteiger partial charge in [0.2, 0.25) is 0 Å². The average molecular weight is 278 g/mol. The van der Waals surface area contributed by atoms with E-state index >= 15 is 0 Å². The number of aromatic nitrogens is 2. The van der Waals surface area contributed by atoms with Gasteiger partial charge in [0.25, 0.3) is 0 Å². The smallest absolute Gasteiger partial charge is 0.134 e. The highest BCUT2D eigenvalue weighted by molar-refractivity contribution is 5.57. The summed E-state index contributed by atoms with van der Waals surface area (Å²) in [4.78, 5) is 9.20. The van der Waals surface area contributed by atoms with E-state index in [0.717, 1.165) is 55.4 Å². The maximum atomic E-state index is 5.61. The summed E-state index contributed by atoms with van der Waals surface area (Å²) in [5.41, 5.74) is 1.08. The molecule has 0 spiro atoms. The minimum atomic E-state index is 0.337. The highest BCUT2D eigenvalue weighted by atomic mass is 16.5. The highest BCUT2D eigenvalue weighted by Gasteiger charge is 2.24. The molecule has 0 saturated carbocycles. The number of ether oxygens (including phenoxy) is 1. The van der Waals surface area contributed by atoms with Crippen LogP contribution in [0.2, 0.25) is 0 Å². The SMILES string of the molecule is CCCc1nc(NC)c(C)c(NCC2CCOC2C)n1. The normalized spacial score (nSPS) is 22.0. The number of hydrogen-bond donors (Lipinski definition) is 2. The van der Waals surface area contributed by atoms with Crippen LogP contribution in [-0.2, 0) is 11.2 Å². The lowest BCUT2D eigenvalue weighted by Crippen LogP contribution is -2.22. The van der Waals surface area contributed by atoms with Gasteiger partial charge in [-0.25, -0.2) is 9.97 Å². The van der Waals surface area contributed by atoms with Crippen LogP contribution in [0.15, 0.2) is 0 Å². The van der Waals surface area contributed by atoms with Gasteiger partial charge in [-0.05, 0) is 26.7 Å². The summed E-state index contributed by atoms with van der Waals surface area (Å²) in [5.74, 6) is 3.34. The van der Waals surface area contributed by atoms with Crippen molar-refractivity contribution in [3.05, 3.63) is 11.4 Å². The van der Waals surface area contributed by atoms with Crippen LogP contribution in [0, 0.1) is 12.8 Å². The molecule has 0 aliphatic carbocycles. The molecular formula is C15H26N4O. The van der Waals surface area contributed by atoms with Crippen molar-refractivity contribution < 1.29 is 4.74 Å². The first-order valence-electron chi connectivity index (χ1n) is 7.56. The van der Waals surface area contributed by atoms with Gasteiger partial charge in [-0.3, -0.25) is 0 Å². The predicted octanol–water partition coefficient (Wildman–Crippen LogP) is 2.62. The monoisotopic (exact) mass is 278 g/mol. The third kappa shape index (κ3) is 3.39. The summed E-state index contributed by atoms with van der Waals surface area (Å²) in [5, 5.41) is 6.64. The largest absolute Gasteiger partial charge is 0.378 e. The fraction of sp³-hybridized carbons (Fsp3) is 0.733. The van der Waals surface area contributed by atoms with Gasteiger partial charge >= 0.3 is 0 Å². The van der Waals surface area contributed by atoms with E-state index in [1.807, 2.05) is 7.05 Å². The zero-order valence-electron chi connectivity index (χ0n) is 13.0. The second-order valence-corrected chi connectivity index (χ2v) is 5.47. The Morgan fingerprint density at radius 2 is 2.05 bits per heavy atom. The predicted molar refractivity (Wildman–Crippen MR) is 82.3 cm³/mol. The number of anilines is 2. The Labute approximate surface area is 121 Å². The Kier molecular flexibility index (Phi) is 5.17. The maximum absolute atomic E-state index is 5.61. The second kappa shape index (κ2) is 6.88. The summed E-state index contributed by atoms with van der Waals surface area (Å²) in [6, 6.07) is 0. The second-order valence-electron chi connectivity index (χ2n) is 5.47. The van der Waals surface area contributed by atoms with Crippen LogP contribution >= 0.6 is 0 Å². The van der Waals surface area contributed by atoms with E-state index in [1.54, 1.807) is 0 Å². The van der Waals surface area contributed by atoms with Crippen LogP contribution < -0.4 is 10.6 Å². The summed E-state index contributed by atoms with van der Waals surface area (Å²) < 4.78 is 5.61. The quantitative estimate of drug-likeness (QED) is 0.837. The molecule has 2 atom stereocenters. The molecule has 1 aromatic rings. The van der Waals surface area contributed by atoms with Crippen molar-refractivity contribution in [1.82, 2.24) is 9.97 Å². The molecule has 2 rings (SSSR count). The van der Waals surface area contributed by atoms with E-state index in [4.69, 9.17) is 4.74 Å². The Hall–Kier alpha value is -1.36. The summed E-state index contributed by atoms with van der Waals surface area (Å²) >= 11 is 0. The van der Waals surface area contributed by atoms with Crippen molar-refractivity contribution in [2.24, 2.45) is 5.92 Å². The van der Waals surface area contributed by atoms with Gasteiger partial charge in [0.1, 0.15) is 17.5 Å². The molecule has 1 aromatic heterocycles. The van der Waals surface area contributed by atoms with E-state index in [0.29, 0.717) is 12.0 Å². The van der Waals surface area contributed by atoms with E-state index in [9.17, 15) is 0 Å². The average Bonchev–Trinajstić information content (AvgIpc) is 2.84. The lowest BCUT2D eigenvalue weighted by molar-refractivity contribution is 0.108. The molecule has 0 amide bonds. The molecule has 20 heavy (non-hydrogen) atoms. The van der Waals surface area contributed by atoms with Gasteiger partial charge in [0.15, 0.2) is 0 Å². The van der Waals surface area contributed by atoms with Gasteiger partial charge in [-0.2, -0.15) is 0 Å². The molecular weight excluding hydrogens is 252 g/mol. The Morgan fingerprint density at radius 3 is 2.65 bits per heavy atom. The van der Waals surface area contributed by atoms with Crippen molar-refractivity contribution in [2.45, 2.75) is 46.1 Å². The maximum Gasteiger partial charge on any atom is 0.134 e. The van der Waals surface area contributed by atoms with E-state index in [-0.39, 0.29) is 0 Å². The summed E-state index contributed by atoms with van der Waals surface area (Å²) in [6.45, 7) is 8.13. The first-order valence-corrected chi connectivity index (χ1v) is 7.56. The van der Waals surface area contributed by atoms with Gasteiger partial charge < -0.3 is 15.4 Å². The lowest BCUT2D eigenvalue weighted by atomic mass is 10.0. The van der Waals surface area contributed by atoms with Crippen molar-refractivity contribution in [2.75, 3.05) is 30.8 Å². The van der Waals surface area contributed by atoms with Crippen LogP contribution in [0.3, 0.4) is 0 Å². The summed E-state index contributed by atoms with van der Waals surface area (Å²) in [6.07, 6.45) is 3.42. The molecule has 2 heterocycles. The van der Waals surface area contributed by atoms with Gasteiger partial charge in [0.05, 0.1) is 6.10 Å². The third-order valence-electron chi connectivity index (χ3n) is 3.97. The molecule has 1 fully saturated rings. The molecule has 5 heteroatoms. The van der Waals surface area contributed by atoms with Crippen LogP contribution in [0.5, 0.6) is 0 Å². The first-order chi connectivity index (χ1) is 9.65. The molecule has 0 radical (unpaired) electrons. The zero-order valence-corrected chi connectivity index (χ0v) is 13.0. The Morgan fingerprint density at radius 1 is 1.30 bits per heavy atom. The van der Waals surface area contributed by atoms with Crippen molar-refractivity contribution in [3.8, 4) is 0 Å². The fourth-order valence-electron chi connectivity index (χ4n) is 2.59. The molecule has 0 aromatic carbocycles. The van der Waals surface area contributed by atoms with Gasteiger partial charge in [-0.15, -0.1) is 0 Å². The molecule has 0 bridgehead atoms. The van der Waals surface area contributed by atoms with Gasteiger partial charge in [0, 0.05) is 38.1 Å². The van der Waals surface area contributed by atoms with E-state index in [2.05, 4.69) is 41.4 Å². The number of nitrogens with zero attached hydrogens (tertiary/aromatic N) is 2. The highest BCUT2D eigenvalue weighted by Crippen LogP contribution is 2.24. The molecule has 1 aliphatic heterocycles. The van der Waals surface area contributed by atoms with Crippen LogP contribution in [0.1, 0.15) is 38.1 Å². The zero-order chi connectivity index (χ0) is 14.5. The van der Waals surface area contributed by atoms with Crippen LogP contribution in [0.4, 0.5) is 11.6 Å². The van der Waals surface area contributed by atoms with Crippen molar-refractivity contribution >= 4 is 11.6 Å². The van der Waals surface area contributed by atoms with Crippen molar-refractivity contribution in [1.29, 1.82) is 0 Å². The molecule has 112 valence electrons. The number of nitrogens with one attached hydrogen (secondary N) is 2. The van der Waals surface area contributed by atoms with E-state index < -0.39 is 0 Å². The minimum absolute atomic E-state index is 0.337. The molecule has 2 unspecified atom stereocenters. The molecule has 1 saturated heterocycles. The van der Waals surface area contributed by atoms with Gasteiger partial charge in [-0.1, -0.05) is 6.92 Å². The summed E-state index contributed by atoms with van der Waals surface area (Å²) in [7, 11) is 1.90. The molecule has 5 nitrogen and oxygen atoms in total. The van der Waals surface area contributed by atoms with Crippen molar-refractivity contribution in [3.63, 3.8) is 0 Å². The Bertz CT molecular complexity index is 450.